The van der Waals surface area contributed by atoms with Gasteiger partial charge in [0.1, 0.15) is 11.9 Å². The minimum atomic E-state index is -0.436. The second-order valence-corrected chi connectivity index (χ2v) is 4.40. The maximum atomic E-state index is 13.2. The van der Waals surface area contributed by atoms with Gasteiger partial charge < -0.3 is 10.0 Å². The Balaban J connectivity index is 2.31. The molecule has 0 fully saturated rings. The fourth-order valence-electron chi connectivity index (χ4n) is 2.08. The number of nitrogens with zero attached hydrogens (tertiary/aromatic N) is 2. The van der Waals surface area contributed by atoms with Gasteiger partial charge in [0, 0.05) is 13.1 Å². The fraction of sp³-hybridized carbons (Fsp3) is 0.188. The molecule has 2 rings (SSSR count). The SMILES string of the molecule is N#Cc1cc(F)ccc1N(CCO)Cc1ccccc1. The lowest BCUT2D eigenvalue weighted by Crippen LogP contribution is -2.26. The molecule has 102 valence electrons. The third kappa shape index (κ3) is 3.34. The van der Waals surface area contributed by atoms with Crippen molar-refractivity contribution in [3.05, 3.63) is 65.5 Å². The van der Waals surface area contributed by atoms with Crippen molar-refractivity contribution in [1.29, 1.82) is 5.26 Å². The van der Waals surface area contributed by atoms with E-state index in [0.717, 1.165) is 5.56 Å². The van der Waals surface area contributed by atoms with Crippen molar-refractivity contribution in [2.75, 3.05) is 18.1 Å². The number of aliphatic hydroxyl groups is 1. The molecule has 0 aliphatic heterocycles. The second-order valence-electron chi connectivity index (χ2n) is 4.40. The van der Waals surface area contributed by atoms with Crippen LogP contribution in [0, 0.1) is 17.1 Å². The molecule has 0 amide bonds. The smallest absolute Gasteiger partial charge is 0.124 e. The Morgan fingerprint density at radius 3 is 2.55 bits per heavy atom. The van der Waals surface area contributed by atoms with Crippen LogP contribution in [0.15, 0.2) is 48.5 Å². The monoisotopic (exact) mass is 270 g/mol. The van der Waals surface area contributed by atoms with Gasteiger partial charge >= 0.3 is 0 Å². The van der Waals surface area contributed by atoms with Crippen LogP contribution in [0.25, 0.3) is 0 Å². The van der Waals surface area contributed by atoms with Crippen LogP contribution in [-0.4, -0.2) is 18.3 Å². The Labute approximate surface area is 117 Å². The summed E-state index contributed by atoms with van der Waals surface area (Å²) in [4.78, 5) is 1.87. The summed E-state index contributed by atoms with van der Waals surface area (Å²) in [5, 5.41) is 18.3. The lowest BCUT2D eigenvalue weighted by Gasteiger charge is -2.25. The van der Waals surface area contributed by atoms with E-state index in [1.54, 1.807) is 6.07 Å². The molecule has 0 bridgehead atoms. The molecule has 0 atom stereocenters. The maximum absolute atomic E-state index is 13.2. The molecule has 0 radical (unpaired) electrons. The molecule has 0 unspecified atom stereocenters. The highest BCUT2D eigenvalue weighted by Crippen LogP contribution is 2.22. The van der Waals surface area contributed by atoms with E-state index in [1.165, 1.54) is 12.1 Å². The molecule has 0 aromatic heterocycles. The van der Waals surface area contributed by atoms with Crippen LogP contribution in [0.5, 0.6) is 0 Å². The van der Waals surface area contributed by atoms with Gasteiger partial charge in [-0.3, -0.25) is 0 Å². The van der Waals surface area contributed by atoms with Crippen LogP contribution < -0.4 is 4.90 Å². The third-order valence-corrected chi connectivity index (χ3v) is 3.01. The van der Waals surface area contributed by atoms with E-state index in [-0.39, 0.29) is 12.2 Å². The van der Waals surface area contributed by atoms with Crippen molar-refractivity contribution in [1.82, 2.24) is 0 Å². The molecule has 3 nitrogen and oxygen atoms in total. The van der Waals surface area contributed by atoms with E-state index in [4.69, 9.17) is 5.26 Å². The quantitative estimate of drug-likeness (QED) is 0.908. The molecular formula is C16H15FN2O. The van der Waals surface area contributed by atoms with E-state index in [1.807, 2.05) is 41.3 Å². The maximum Gasteiger partial charge on any atom is 0.124 e. The standard InChI is InChI=1S/C16H15FN2O/c17-15-6-7-16(14(10-15)11-18)19(8-9-20)12-13-4-2-1-3-5-13/h1-7,10,20H,8-9,12H2. The number of aliphatic hydroxyl groups excluding tert-OH is 1. The number of halogens is 1. The molecule has 0 saturated carbocycles. The molecule has 4 heteroatoms. The first-order chi connectivity index (χ1) is 9.74. The molecular weight excluding hydrogens is 255 g/mol. The zero-order valence-electron chi connectivity index (χ0n) is 11.0. The van der Waals surface area contributed by atoms with Gasteiger partial charge in [-0.05, 0) is 23.8 Å². The predicted molar refractivity (Wildman–Crippen MR) is 75.7 cm³/mol. The second kappa shape index (κ2) is 6.69. The highest BCUT2D eigenvalue weighted by molar-refractivity contribution is 5.59. The number of hydrogen-bond acceptors (Lipinski definition) is 3. The van der Waals surface area contributed by atoms with Crippen molar-refractivity contribution < 1.29 is 9.50 Å². The summed E-state index contributed by atoms with van der Waals surface area (Å²) in [6, 6.07) is 15.9. The van der Waals surface area contributed by atoms with E-state index >= 15 is 0 Å². The average molecular weight is 270 g/mol. The first-order valence-electron chi connectivity index (χ1n) is 6.34. The Hall–Kier alpha value is -2.38. The van der Waals surface area contributed by atoms with Crippen LogP contribution >= 0.6 is 0 Å². The first kappa shape index (κ1) is 14.0. The lowest BCUT2D eigenvalue weighted by molar-refractivity contribution is 0.301. The molecule has 0 spiro atoms. The van der Waals surface area contributed by atoms with Gasteiger partial charge in [-0.2, -0.15) is 5.26 Å². The minimum Gasteiger partial charge on any atom is -0.395 e. The van der Waals surface area contributed by atoms with Crippen LogP contribution in [-0.2, 0) is 6.54 Å². The van der Waals surface area contributed by atoms with Crippen molar-refractivity contribution in [2.45, 2.75) is 6.54 Å². The molecule has 0 saturated heterocycles. The van der Waals surface area contributed by atoms with Crippen LogP contribution in [0.1, 0.15) is 11.1 Å². The molecule has 1 N–H and O–H groups in total. The van der Waals surface area contributed by atoms with Crippen molar-refractivity contribution in [2.24, 2.45) is 0 Å². The number of hydrogen-bond donors (Lipinski definition) is 1. The lowest BCUT2D eigenvalue weighted by atomic mass is 10.1. The van der Waals surface area contributed by atoms with E-state index < -0.39 is 5.82 Å². The number of anilines is 1. The highest BCUT2D eigenvalue weighted by Gasteiger charge is 2.12. The summed E-state index contributed by atoms with van der Waals surface area (Å²) in [5.74, 6) is -0.436. The van der Waals surface area contributed by atoms with E-state index in [9.17, 15) is 9.50 Å². The summed E-state index contributed by atoms with van der Waals surface area (Å²) >= 11 is 0. The summed E-state index contributed by atoms with van der Waals surface area (Å²) in [5.41, 5.74) is 1.97. The highest BCUT2D eigenvalue weighted by atomic mass is 19.1. The molecule has 0 aliphatic rings. The van der Waals surface area contributed by atoms with Crippen molar-refractivity contribution in [3.8, 4) is 6.07 Å². The fourth-order valence-corrected chi connectivity index (χ4v) is 2.08. The van der Waals surface area contributed by atoms with Gasteiger partial charge in [-0.25, -0.2) is 4.39 Å². The van der Waals surface area contributed by atoms with Gasteiger partial charge in [0.15, 0.2) is 0 Å². The molecule has 2 aromatic rings. The Kier molecular flexibility index (Phi) is 4.70. The van der Waals surface area contributed by atoms with Gasteiger partial charge in [0.2, 0.25) is 0 Å². The summed E-state index contributed by atoms with van der Waals surface area (Å²) in [6.07, 6.45) is 0. The molecule has 2 aromatic carbocycles. The van der Waals surface area contributed by atoms with Gasteiger partial charge in [0.05, 0.1) is 17.9 Å². The van der Waals surface area contributed by atoms with E-state index in [0.29, 0.717) is 18.8 Å². The number of nitriles is 1. The zero-order valence-corrected chi connectivity index (χ0v) is 11.0. The molecule has 0 heterocycles. The normalized spacial score (nSPS) is 10.1. The average Bonchev–Trinajstić information content (AvgIpc) is 2.48. The predicted octanol–water partition coefficient (Wildman–Crippen LogP) is 2.70. The summed E-state index contributed by atoms with van der Waals surface area (Å²) in [6.45, 7) is 0.909. The summed E-state index contributed by atoms with van der Waals surface area (Å²) < 4.78 is 13.2. The molecule has 20 heavy (non-hydrogen) atoms. The third-order valence-electron chi connectivity index (χ3n) is 3.01. The van der Waals surface area contributed by atoms with Crippen LogP contribution in [0.3, 0.4) is 0 Å². The Bertz CT molecular complexity index is 608. The zero-order chi connectivity index (χ0) is 14.4. The van der Waals surface area contributed by atoms with E-state index in [2.05, 4.69) is 0 Å². The largest absolute Gasteiger partial charge is 0.395 e. The minimum absolute atomic E-state index is 0.0327. The Morgan fingerprint density at radius 2 is 1.90 bits per heavy atom. The van der Waals surface area contributed by atoms with Crippen LogP contribution in [0.2, 0.25) is 0 Å². The van der Waals surface area contributed by atoms with Crippen LogP contribution in [0.4, 0.5) is 10.1 Å². The van der Waals surface area contributed by atoms with Crippen molar-refractivity contribution in [3.63, 3.8) is 0 Å². The number of rotatable bonds is 5. The van der Waals surface area contributed by atoms with Gasteiger partial charge in [-0.1, -0.05) is 30.3 Å². The summed E-state index contributed by atoms with van der Waals surface area (Å²) in [7, 11) is 0. The topological polar surface area (TPSA) is 47.3 Å². The van der Waals surface area contributed by atoms with Gasteiger partial charge in [-0.15, -0.1) is 0 Å². The Morgan fingerprint density at radius 1 is 1.15 bits per heavy atom. The molecule has 0 aliphatic carbocycles. The van der Waals surface area contributed by atoms with Gasteiger partial charge in [0.25, 0.3) is 0 Å². The van der Waals surface area contributed by atoms with Crippen molar-refractivity contribution >= 4 is 5.69 Å². The first-order valence-corrected chi connectivity index (χ1v) is 6.34. The number of benzene rings is 2.